The summed E-state index contributed by atoms with van der Waals surface area (Å²) in [4.78, 5) is 25.4. The Bertz CT molecular complexity index is 2580. The van der Waals surface area contributed by atoms with Crippen molar-refractivity contribution in [1.82, 2.24) is 29.5 Å². The van der Waals surface area contributed by atoms with Crippen LogP contribution in [0.3, 0.4) is 0 Å². The van der Waals surface area contributed by atoms with Crippen LogP contribution < -0.4 is 4.74 Å². The Morgan fingerprint density at radius 1 is 0.468 bits per heavy atom. The van der Waals surface area contributed by atoms with E-state index in [9.17, 15) is 0 Å². The second kappa shape index (κ2) is 10.9. The lowest BCUT2D eigenvalue weighted by Crippen LogP contribution is -2.07. The van der Waals surface area contributed by atoms with Gasteiger partial charge in [-0.3, -0.25) is 4.57 Å². The van der Waals surface area contributed by atoms with Crippen LogP contribution >= 0.6 is 0 Å². The van der Waals surface area contributed by atoms with Gasteiger partial charge in [-0.2, -0.15) is 9.97 Å². The highest BCUT2D eigenvalue weighted by atomic mass is 16.5. The average Bonchev–Trinajstić information content (AvgIpc) is 3.49. The van der Waals surface area contributed by atoms with Gasteiger partial charge in [-0.15, -0.1) is 0 Å². The number of aromatic nitrogens is 6. The van der Waals surface area contributed by atoms with E-state index in [0.717, 1.165) is 66.2 Å². The Kier molecular flexibility index (Phi) is 6.21. The van der Waals surface area contributed by atoms with Crippen molar-refractivity contribution in [3.8, 4) is 45.9 Å². The molecular weight excluding hydrogens is 580 g/mol. The van der Waals surface area contributed by atoms with Gasteiger partial charge >= 0.3 is 0 Å². The summed E-state index contributed by atoms with van der Waals surface area (Å²) in [6.45, 7) is 0. The van der Waals surface area contributed by atoms with Gasteiger partial charge in [0.2, 0.25) is 5.95 Å². The number of para-hydroxylation sites is 3. The number of nitrogens with zero attached hydrogens (tertiary/aromatic N) is 6. The first-order chi connectivity index (χ1) is 23.2. The average molecular weight is 607 g/mol. The molecule has 5 aromatic carbocycles. The second-order valence-electron chi connectivity index (χ2n) is 11.3. The third kappa shape index (κ3) is 4.48. The van der Waals surface area contributed by atoms with E-state index < -0.39 is 0 Å². The Labute approximate surface area is 269 Å². The van der Waals surface area contributed by atoms with Crippen LogP contribution in [0.25, 0.3) is 83.7 Å². The first-order valence-electron chi connectivity index (χ1n) is 15.4. The topological polar surface area (TPSA) is 78.6 Å². The predicted molar refractivity (Wildman–Crippen MR) is 188 cm³/mol. The highest BCUT2D eigenvalue weighted by Gasteiger charge is 2.19. The van der Waals surface area contributed by atoms with E-state index in [1.807, 2.05) is 78.9 Å². The van der Waals surface area contributed by atoms with Crippen molar-refractivity contribution in [1.29, 1.82) is 0 Å². The van der Waals surface area contributed by atoms with Crippen LogP contribution in [0.4, 0.5) is 0 Å². The molecule has 0 aliphatic carbocycles. The van der Waals surface area contributed by atoms with Crippen LogP contribution in [0.1, 0.15) is 0 Å². The number of pyridine rings is 2. The number of hydrogen-bond acceptors (Lipinski definition) is 6. The molecule has 7 heteroatoms. The molecule has 9 rings (SSSR count). The third-order valence-corrected chi connectivity index (χ3v) is 8.57. The zero-order valence-corrected chi connectivity index (χ0v) is 25.4. The molecule has 0 bridgehead atoms. The Morgan fingerprint density at radius 2 is 1.02 bits per heavy atom. The fraction of sp³-hybridized carbons (Fsp3) is 0.0250. The highest BCUT2D eigenvalue weighted by Crippen LogP contribution is 2.34. The van der Waals surface area contributed by atoms with E-state index in [4.69, 9.17) is 29.7 Å². The van der Waals surface area contributed by atoms with Crippen LogP contribution in [0.5, 0.6) is 5.75 Å². The zero-order chi connectivity index (χ0) is 31.3. The van der Waals surface area contributed by atoms with Gasteiger partial charge in [0.1, 0.15) is 11.4 Å². The first kappa shape index (κ1) is 26.9. The largest absolute Gasteiger partial charge is 0.496 e. The van der Waals surface area contributed by atoms with E-state index in [1.54, 1.807) is 7.11 Å². The summed E-state index contributed by atoms with van der Waals surface area (Å²) in [6, 6.07) is 46.9. The molecule has 7 nitrogen and oxygen atoms in total. The van der Waals surface area contributed by atoms with Crippen molar-refractivity contribution in [2.45, 2.75) is 0 Å². The zero-order valence-electron chi connectivity index (χ0n) is 25.4. The molecule has 0 aliphatic heterocycles. The predicted octanol–water partition coefficient (Wildman–Crippen LogP) is 9.07. The van der Waals surface area contributed by atoms with Crippen molar-refractivity contribution in [3.63, 3.8) is 0 Å². The van der Waals surface area contributed by atoms with Gasteiger partial charge in [-0.05, 0) is 36.4 Å². The van der Waals surface area contributed by atoms with Crippen molar-refractivity contribution in [3.05, 3.63) is 140 Å². The maximum Gasteiger partial charge on any atom is 0.238 e. The molecule has 222 valence electrons. The van der Waals surface area contributed by atoms with Crippen LogP contribution in [0.2, 0.25) is 0 Å². The summed E-state index contributed by atoms with van der Waals surface area (Å²) in [7, 11) is 1.68. The number of hydrogen-bond donors (Lipinski definition) is 0. The van der Waals surface area contributed by atoms with E-state index >= 15 is 0 Å². The molecule has 4 aromatic heterocycles. The summed E-state index contributed by atoms with van der Waals surface area (Å²) < 4.78 is 7.75. The van der Waals surface area contributed by atoms with Gasteiger partial charge < -0.3 is 4.74 Å². The number of benzene rings is 5. The lowest BCUT2D eigenvalue weighted by molar-refractivity contribution is 0.416. The molecule has 9 aromatic rings. The normalized spacial score (nSPS) is 11.5. The van der Waals surface area contributed by atoms with Crippen molar-refractivity contribution in [2.24, 2.45) is 0 Å². The molecule has 4 heterocycles. The Balaban J connectivity index is 1.29. The summed E-state index contributed by atoms with van der Waals surface area (Å²) in [5.41, 5.74) is 6.89. The Hall–Kier alpha value is -6.47. The SMILES string of the molecule is COc1ccccc1-c1ccc2ccc3ccc(-c4nc(-c5ccccc5)nc(-n5c6ccccc6c6ccccc65)n4)nc3c2n1. The first-order valence-corrected chi connectivity index (χ1v) is 15.4. The minimum atomic E-state index is 0.482. The van der Waals surface area contributed by atoms with Crippen molar-refractivity contribution < 1.29 is 4.74 Å². The van der Waals surface area contributed by atoms with E-state index in [1.165, 1.54) is 0 Å². The van der Waals surface area contributed by atoms with Gasteiger partial charge in [0.05, 0.1) is 34.9 Å². The molecule has 0 unspecified atom stereocenters. The number of fused-ring (bicyclic) bond motifs is 6. The molecule has 0 aliphatic rings. The molecule has 0 saturated carbocycles. The summed E-state index contributed by atoms with van der Waals surface area (Å²) >= 11 is 0. The molecule has 0 amide bonds. The van der Waals surface area contributed by atoms with Crippen molar-refractivity contribution >= 4 is 43.6 Å². The fourth-order valence-corrected chi connectivity index (χ4v) is 6.33. The van der Waals surface area contributed by atoms with Crippen LogP contribution in [0, 0.1) is 0 Å². The van der Waals surface area contributed by atoms with Crippen LogP contribution in [0.15, 0.2) is 140 Å². The maximum atomic E-state index is 5.64. The molecule has 0 radical (unpaired) electrons. The molecule has 0 fully saturated rings. The van der Waals surface area contributed by atoms with Gasteiger partial charge in [0, 0.05) is 32.7 Å². The molecule has 0 spiro atoms. The highest BCUT2D eigenvalue weighted by molar-refractivity contribution is 6.09. The molecule has 0 atom stereocenters. The smallest absolute Gasteiger partial charge is 0.238 e. The second-order valence-corrected chi connectivity index (χ2v) is 11.3. The van der Waals surface area contributed by atoms with Gasteiger partial charge in [-0.1, -0.05) is 103 Å². The summed E-state index contributed by atoms with van der Waals surface area (Å²) in [6.07, 6.45) is 0. The number of rotatable bonds is 5. The minimum absolute atomic E-state index is 0.482. The number of methoxy groups -OCH3 is 1. The summed E-state index contributed by atoms with van der Waals surface area (Å²) in [5.74, 6) is 2.35. The van der Waals surface area contributed by atoms with Crippen molar-refractivity contribution in [2.75, 3.05) is 7.11 Å². The maximum absolute atomic E-state index is 5.64. The standard InChI is InChI=1S/C40H26N6O/c1-47-35-18-10-7-15-30(35)31-23-21-25-19-20-26-22-24-32(42-37(26)36(25)41-31)39-43-38(27-11-3-2-4-12-27)44-40(45-39)46-33-16-8-5-13-28(33)29-14-6-9-17-34(29)46/h2-24H,1H3. The fourth-order valence-electron chi connectivity index (χ4n) is 6.33. The quantitative estimate of drug-likeness (QED) is 0.182. The molecular formula is C40H26N6O. The van der Waals surface area contributed by atoms with Gasteiger partial charge in [0.15, 0.2) is 11.6 Å². The molecule has 47 heavy (non-hydrogen) atoms. The lowest BCUT2D eigenvalue weighted by Gasteiger charge is -2.12. The Morgan fingerprint density at radius 3 is 1.72 bits per heavy atom. The monoisotopic (exact) mass is 606 g/mol. The van der Waals surface area contributed by atoms with Crippen LogP contribution in [-0.4, -0.2) is 36.6 Å². The summed E-state index contributed by atoms with van der Waals surface area (Å²) in [5, 5.41) is 4.25. The molecule has 0 N–H and O–H groups in total. The van der Waals surface area contributed by atoms with E-state index in [2.05, 4.69) is 65.2 Å². The molecule has 0 saturated heterocycles. The van der Waals surface area contributed by atoms with Gasteiger partial charge in [0.25, 0.3) is 0 Å². The third-order valence-electron chi connectivity index (χ3n) is 8.57. The van der Waals surface area contributed by atoms with E-state index in [0.29, 0.717) is 23.3 Å². The van der Waals surface area contributed by atoms with Crippen LogP contribution in [-0.2, 0) is 0 Å². The minimum Gasteiger partial charge on any atom is -0.496 e. The van der Waals surface area contributed by atoms with Gasteiger partial charge in [-0.25, -0.2) is 15.0 Å². The van der Waals surface area contributed by atoms with E-state index in [-0.39, 0.29) is 0 Å². The lowest BCUT2D eigenvalue weighted by atomic mass is 10.1. The number of ether oxygens (including phenoxy) is 1.